The summed E-state index contributed by atoms with van der Waals surface area (Å²) in [5.74, 6) is 0.599. The number of amidine groups is 1. The monoisotopic (exact) mass is 504 g/mol. The van der Waals surface area contributed by atoms with Gasteiger partial charge in [-0.05, 0) is 59.9 Å². The molecule has 3 aliphatic rings. The molecule has 2 atom stereocenters. The van der Waals surface area contributed by atoms with Crippen molar-refractivity contribution in [3.8, 4) is 11.1 Å². The molecular formula is C30H25FN6O. The Bertz CT molecular complexity index is 1660. The van der Waals surface area contributed by atoms with Gasteiger partial charge < -0.3 is 10.6 Å². The lowest BCUT2D eigenvalue weighted by atomic mass is 9.85. The van der Waals surface area contributed by atoms with Crippen LogP contribution >= 0.6 is 0 Å². The largest absolute Gasteiger partial charge is 0.360 e. The summed E-state index contributed by atoms with van der Waals surface area (Å²) >= 11 is 0. The van der Waals surface area contributed by atoms with Gasteiger partial charge in [0.05, 0.1) is 23.4 Å². The average Bonchev–Trinajstić information content (AvgIpc) is 3.51. The fourth-order valence-corrected chi connectivity index (χ4v) is 5.31. The number of hydrogen-bond donors (Lipinski definition) is 3. The summed E-state index contributed by atoms with van der Waals surface area (Å²) in [4.78, 5) is 21.8. The number of anilines is 1. The Morgan fingerprint density at radius 1 is 1.03 bits per heavy atom. The predicted molar refractivity (Wildman–Crippen MR) is 146 cm³/mol. The van der Waals surface area contributed by atoms with E-state index in [2.05, 4.69) is 38.0 Å². The number of hydrogen-bond acceptors (Lipinski definition) is 5. The molecule has 1 fully saturated rings. The maximum Gasteiger partial charge on any atom is 0.227 e. The fourth-order valence-electron chi connectivity index (χ4n) is 5.31. The number of amides is 1. The number of nitrogens with zero attached hydrogens (tertiary/aromatic N) is 3. The molecule has 3 N–H and O–H groups in total. The Balaban J connectivity index is 1.20. The summed E-state index contributed by atoms with van der Waals surface area (Å²) in [5.41, 5.74) is 5.96. The van der Waals surface area contributed by atoms with Crippen LogP contribution in [0.2, 0.25) is 0 Å². The van der Waals surface area contributed by atoms with Gasteiger partial charge in [0.2, 0.25) is 5.91 Å². The minimum absolute atomic E-state index is 0.0386. The third-order valence-corrected chi connectivity index (χ3v) is 7.58. The van der Waals surface area contributed by atoms with Crippen LogP contribution in [-0.4, -0.2) is 39.0 Å². The minimum atomic E-state index is -0.267. The first-order valence-electron chi connectivity index (χ1n) is 12.9. The first-order chi connectivity index (χ1) is 18.6. The molecule has 38 heavy (non-hydrogen) atoms. The first-order valence-corrected chi connectivity index (χ1v) is 12.9. The average molecular weight is 505 g/mol. The van der Waals surface area contributed by atoms with Gasteiger partial charge in [-0.1, -0.05) is 42.8 Å². The lowest BCUT2D eigenvalue weighted by Crippen LogP contribution is -2.35. The lowest BCUT2D eigenvalue weighted by Gasteiger charge is -2.24. The minimum Gasteiger partial charge on any atom is -0.360 e. The number of aromatic amines is 1. The van der Waals surface area contributed by atoms with E-state index in [0.717, 1.165) is 58.1 Å². The van der Waals surface area contributed by atoms with Crippen molar-refractivity contribution < 1.29 is 9.18 Å². The Kier molecular flexibility index (Phi) is 5.39. The van der Waals surface area contributed by atoms with Crippen molar-refractivity contribution in [2.75, 3.05) is 5.32 Å². The fraction of sp³-hybridized carbons (Fsp3) is 0.200. The van der Waals surface area contributed by atoms with Crippen molar-refractivity contribution in [3.63, 3.8) is 0 Å². The van der Waals surface area contributed by atoms with Crippen molar-refractivity contribution in [2.24, 2.45) is 10.9 Å². The number of H-pyrrole nitrogens is 1. The van der Waals surface area contributed by atoms with E-state index < -0.39 is 0 Å². The molecule has 2 unspecified atom stereocenters. The van der Waals surface area contributed by atoms with Gasteiger partial charge in [0.25, 0.3) is 0 Å². The van der Waals surface area contributed by atoms with Crippen LogP contribution in [0.1, 0.15) is 30.5 Å². The van der Waals surface area contributed by atoms with Crippen LogP contribution in [0.5, 0.6) is 0 Å². The lowest BCUT2D eigenvalue weighted by molar-refractivity contribution is -0.122. The van der Waals surface area contributed by atoms with Crippen molar-refractivity contribution in [1.82, 2.24) is 20.5 Å². The van der Waals surface area contributed by atoms with Gasteiger partial charge >= 0.3 is 0 Å². The Hall–Kier alpha value is -4.59. The van der Waals surface area contributed by atoms with Crippen LogP contribution in [0.25, 0.3) is 27.6 Å². The van der Waals surface area contributed by atoms with E-state index >= 15 is 0 Å². The molecule has 1 aliphatic heterocycles. The van der Waals surface area contributed by atoms with Gasteiger partial charge in [0.1, 0.15) is 17.6 Å². The van der Waals surface area contributed by atoms with Crippen molar-refractivity contribution in [2.45, 2.75) is 31.3 Å². The molecule has 2 aromatic heterocycles. The smallest absolute Gasteiger partial charge is 0.227 e. The van der Waals surface area contributed by atoms with E-state index in [1.165, 1.54) is 6.07 Å². The molecule has 1 saturated carbocycles. The van der Waals surface area contributed by atoms with Gasteiger partial charge in [-0.2, -0.15) is 5.10 Å². The van der Waals surface area contributed by atoms with E-state index in [-0.39, 0.29) is 29.7 Å². The normalized spacial score (nSPS) is 20.3. The van der Waals surface area contributed by atoms with E-state index in [1.54, 1.807) is 24.5 Å². The molecule has 3 heterocycles. The number of nitrogens with one attached hydrogen (secondary N) is 3. The van der Waals surface area contributed by atoms with Crippen LogP contribution in [0.3, 0.4) is 0 Å². The molecule has 0 spiro atoms. The zero-order chi connectivity index (χ0) is 25.6. The van der Waals surface area contributed by atoms with Crippen LogP contribution in [0.15, 0.2) is 84.1 Å². The maximum absolute atomic E-state index is 13.9. The van der Waals surface area contributed by atoms with Gasteiger partial charge in [0.15, 0.2) is 5.84 Å². The number of aromatic nitrogens is 3. The van der Waals surface area contributed by atoms with Gasteiger partial charge in [-0.15, -0.1) is 0 Å². The molecule has 7 rings (SSSR count). The standard InChI is InChI=1S/C30H25FN6O/c31-21-7-2-6-19(12-21)23-8-3-9-26-27(23)35-29(34-26)28-24-14-18(10-11-25(24)36-37-28)20-13-22(16-32-15-20)33-30(38)17-4-1-5-17/h2-3,6-17,26-27H,1,4-5H2,(H,33,38)(H,34,35)(H,36,37). The topological polar surface area (TPSA) is 95.1 Å². The van der Waals surface area contributed by atoms with Gasteiger partial charge in [-0.3, -0.25) is 19.9 Å². The highest BCUT2D eigenvalue weighted by Gasteiger charge is 2.34. The third kappa shape index (κ3) is 3.98. The van der Waals surface area contributed by atoms with Gasteiger partial charge in [0, 0.05) is 23.1 Å². The molecule has 2 aromatic carbocycles. The zero-order valence-corrected chi connectivity index (χ0v) is 20.5. The van der Waals surface area contributed by atoms with E-state index in [9.17, 15) is 9.18 Å². The van der Waals surface area contributed by atoms with Crippen molar-refractivity contribution in [3.05, 3.63) is 96.2 Å². The zero-order valence-electron chi connectivity index (χ0n) is 20.5. The highest BCUT2D eigenvalue weighted by molar-refractivity contribution is 6.10. The number of pyridine rings is 1. The van der Waals surface area contributed by atoms with Crippen LogP contribution in [0, 0.1) is 11.7 Å². The summed E-state index contributed by atoms with van der Waals surface area (Å²) < 4.78 is 13.9. The first kappa shape index (κ1) is 22.6. The highest BCUT2D eigenvalue weighted by Crippen LogP contribution is 2.33. The van der Waals surface area contributed by atoms with Crippen LogP contribution < -0.4 is 10.6 Å². The summed E-state index contributed by atoms with van der Waals surface area (Å²) in [6.45, 7) is 0. The molecule has 0 radical (unpaired) electrons. The van der Waals surface area contributed by atoms with Gasteiger partial charge in [-0.25, -0.2) is 4.39 Å². The Labute approximate surface area is 218 Å². The van der Waals surface area contributed by atoms with Crippen LogP contribution in [0.4, 0.5) is 10.1 Å². The number of aliphatic imine (C=N–C) groups is 1. The number of halogens is 1. The van der Waals surface area contributed by atoms with E-state index in [4.69, 9.17) is 4.99 Å². The Morgan fingerprint density at radius 2 is 1.95 bits per heavy atom. The SMILES string of the molecule is O=C(Nc1cncc(-c2ccc3[nH]nc(C4=NC5C(c6cccc(F)c6)=CC=CC5N4)c3c2)c1)C1CCC1. The molecular weight excluding hydrogens is 479 g/mol. The quantitative estimate of drug-likeness (QED) is 0.346. The summed E-state index contributed by atoms with van der Waals surface area (Å²) in [7, 11) is 0. The molecule has 1 amide bonds. The Morgan fingerprint density at radius 3 is 2.79 bits per heavy atom. The maximum atomic E-state index is 13.9. The van der Waals surface area contributed by atoms with Crippen molar-refractivity contribution in [1.29, 1.82) is 0 Å². The molecule has 0 bridgehead atoms. The number of carbonyl (C=O) groups excluding carboxylic acids is 1. The summed E-state index contributed by atoms with van der Waals surface area (Å²) in [6, 6.07) is 14.4. The highest BCUT2D eigenvalue weighted by atomic mass is 19.1. The number of benzene rings is 2. The molecule has 2 aliphatic carbocycles. The molecule has 8 heteroatoms. The van der Waals surface area contributed by atoms with Crippen LogP contribution in [-0.2, 0) is 4.79 Å². The summed E-state index contributed by atoms with van der Waals surface area (Å²) in [6.07, 6.45) is 12.5. The van der Waals surface area contributed by atoms with Crippen molar-refractivity contribution >= 4 is 33.9 Å². The molecule has 7 nitrogen and oxygen atoms in total. The van der Waals surface area contributed by atoms with E-state index in [1.807, 2.05) is 36.4 Å². The molecule has 0 saturated heterocycles. The second-order valence-electron chi connectivity index (χ2n) is 10.0. The predicted octanol–water partition coefficient (Wildman–Crippen LogP) is 5.24. The number of fused-ring (bicyclic) bond motifs is 2. The summed E-state index contributed by atoms with van der Waals surface area (Å²) in [5, 5.41) is 15.1. The second-order valence-corrected chi connectivity index (χ2v) is 10.0. The number of carbonyl (C=O) groups is 1. The number of rotatable bonds is 5. The third-order valence-electron chi connectivity index (χ3n) is 7.58. The molecule has 188 valence electrons. The van der Waals surface area contributed by atoms with E-state index in [0.29, 0.717) is 11.5 Å². The number of allylic oxidation sites excluding steroid dienone is 2. The molecule has 4 aromatic rings. The second kappa shape index (κ2) is 9.06.